The molecule has 3 N–H and O–H groups in total. The van der Waals surface area contributed by atoms with E-state index >= 15 is 0 Å². The van der Waals surface area contributed by atoms with Crippen LogP contribution in [0.2, 0.25) is 5.02 Å². The Morgan fingerprint density at radius 1 is 1.19 bits per heavy atom. The summed E-state index contributed by atoms with van der Waals surface area (Å²) in [6.07, 6.45) is 1.12. The van der Waals surface area contributed by atoms with Gasteiger partial charge in [0.2, 0.25) is 5.91 Å². The summed E-state index contributed by atoms with van der Waals surface area (Å²) >= 11 is 6.99. The van der Waals surface area contributed by atoms with E-state index in [0.717, 1.165) is 0 Å². The molecule has 0 aliphatic carbocycles. The zero-order chi connectivity index (χ0) is 18.7. The zero-order valence-corrected chi connectivity index (χ0v) is 15.3. The quantitative estimate of drug-likeness (QED) is 0.833. The number of nitrogens with zero attached hydrogens (tertiary/aromatic N) is 2. The molecular formula is C17H17ClN4O3S. The molecule has 0 saturated carbocycles. The second-order valence-corrected chi connectivity index (χ2v) is 7.26. The number of carbonyl (C=O) groups is 3. The summed E-state index contributed by atoms with van der Waals surface area (Å²) in [4.78, 5) is 41.7. The molecular weight excluding hydrogens is 376 g/mol. The lowest BCUT2D eigenvalue weighted by Crippen LogP contribution is -2.41. The van der Waals surface area contributed by atoms with Crippen molar-refractivity contribution < 1.29 is 14.4 Å². The molecule has 0 unspecified atom stereocenters. The van der Waals surface area contributed by atoms with Crippen molar-refractivity contribution in [2.75, 3.05) is 18.4 Å². The number of carbonyl (C=O) groups excluding carboxylic acids is 3. The average Bonchev–Trinajstić information content (AvgIpc) is 3.10. The number of benzene rings is 1. The molecule has 1 aliphatic heterocycles. The van der Waals surface area contributed by atoms with Gasteiger partial charge in [0.15, 0.2) is 5.13 Å². The summed E-state index contributed by atoms with van der Waals surface area (Å²) in [6.45, 7) is 0.937. The monoisotopic (exact) mass is 392 g/mol. The van der Waals surface area contributed by atoms with Crippen molar-refractivity contribution in [2.45, 2.75) is 12.8 Å². The summed E-state index contributed by atoms with van der Waals surface area (Å²) in [5, 5.41) is 5.18. The number of amides is 3. The third-order valence-electron chi connectivity index (χ3n) is 4.23. The molecule has 0 radical (unpaired) electrons. The van der Waals surface area contributed by atoms with Crippen LogP contribution in [-0.4, -0.2) is 40.7 Å². The lowest BCUT2D eigenvalue weighted by atomic mass is 9.96. The Bertz CT molecular complexity index is 829. The molecule has 3 amide bonds. The summed E-state index contributed by atoms with van der Waals surface area (Å²) in [5.74, 6) is -1.03. The van der Waals surface area contributed by atoms with Gasteiger partial charge >= 0.3 is 0 Å². The van der Waals surface area contributed by atoms with E-state index in [1.807, 2.05) is 0 Å². The maximum Gasteiger partial charge on any atom is 0.273 e. The number of rotatable bonds is 4. The molecule has 136 valence electrons. The number of anilines is 1. The number of nitrogens with one attached hydrogen (secondary N) is 1. The third-order valence-corrected chi connectivity index (χ3v) is 5.24. The number of likely N-dealkylation sites (tertiary alicyclic amines) is 1. The lowest BCUT2D eigenvalue weighted by molar-refractivity contribution is -0.123. The van der Waals surface area contributed by atoms with Crippen LogP contribution >= 0.6 is 22.9 Å². The molecule has 1 saturated heterocycles. The first-order valence-electron chi connectivity index (χ1n) is 8.05. The van der Waals surface area contributed by atoms with Gasteiger partial charge in [0.1, 0.15) is 5.69 Å². The first-order chi connectivity index (χ1) is 12.4. The van der Waals surface area contributed by atoms with Gasteiger partial charge in [-0.15, -0.1) is 11.3 Å². The minimum Gasteiger partial charge on any atom is -0.369 e. The van der Waals surface area contributed by atoms with Crippen LogP contribution in [0.25, 0.3) is 0 Å². The molecule has 3 rings (SSSR count). The summed E-state index contributed by atoms with van der Waals surface area (Å²) in [6, 6.07) is 6.48. The fourth-order valence-electron chi connectivity index (χ4n) is 2.73. The predicted molar refractivity (Wildman–Crippen MR) is 99.3 cm³/mol. The van der Waals surface area contributed by atoms with Gasteiger partial charge in [-0.3, -0.25) is 19.7 Å². The highest BCUT2D eigenvalue weighted by molar-refractivity contribution is 7.14. The molecule has 2 aromatic rings. The lowest BCUT2D eigenvalue weighted by Gasteiger charge is -2.29. The zero-order valence-electron chi connectivity index (χ0n) is 13.8. The Hall–Kier alpha value is -2.45. The van der Waals surface area contributed by atoms with E-state index in [2.05, 4.69) is 10.3 Å². The predicted octanol–water partition coefficient (Wildman–Crippen LogP) is 2.39. The number of thiazole rings is 1. The Morgan fingerprint density at radius 3 is 2.46 bits per heavy atom. The van der Waals surface area contributed by atoms with Gasteiger partial charge < -0.3 is 10.6 Å². The van der Waals surface area contributed by atoms with Crippen LogP contribution in [0.4, 0.5) is 5.13 Å². The second-order valence-electron chi connectivity index (χ2n) is 5.97. The van der Waals surface area contributed by atoms with Crippen molar-refractivity contribution >= 4 is 45.8 Å². The Kier molecular flexibility index (Phi) is 5.53. The van der Waals surface area contributed by atoms with Crippen molar-refractivity contribution in [2.24, 2.45) is 11.7 Å². The van der Waals surface area contributed by atoms with Gasteiger partial charge in [0.05, 0.1) is 0 Å². The smallest absolute Gasteiger partial charge is 0.273 e. The SMILES string of the molecule is NC(=O)C1CCN(C(=O)c2csc(NC(=O)c3ccc(Cl)cc3)n2)CC1. The minimum absolute atomic E-state index is 0.177. The highest BCUT2D eigenvalue weighted by Gasteiger charge is 2.27. The number of piperidine rings is 1. The molecule has 26 heavy (non-hydrogen) atoms. The molecule has 0 atom stereocenters. The summed E-state index contributed by atoms with van der Waals surface area (Å²) < 4.78 is 0. The minimum atomic E-state index is -0.322. The average molecular weight is 393 g/mol. The fourth-order valence-corrected chi connectivity index (χ4v) is 3.53. The molecule has 1 aromatic heterocycles. The van der Waals surface area contributed by atoms with Crippen LogP contribution in [0.1, 0.15) is 33.7 Å². The number of hydrogen-bond acceptors (Lipinski definition) is 5. The number of nitrogens with two attached hydrogens (primary N) is 1. The van der Waals surface area contributed by atoms with E-state index in [1.54, 1.807) is 34.5 Å². The highest BCUT2D eigenvalue weighted by atomic mass is 35.5. The van der Waals surface area contributed by atoms with E-state index in [-0.39, 0.29) is 29.3 Å². The Labute approximate surface area is 159 Å². The molecule has 1 aliphatic rings. The van der Waals surface area contributed by atoms with Crippen LogP contribution in [0.5, 0.6) is 0 Å². The maximum absolute atomic E-state index is 12.5. The van der Waals surface area contributed by atoms with Gasteiger partial charge in [-0.2, -0.15) is 0 Å². The molecule has 9 heteroatoms. The number of primary amides is 1. The summed E-state index contributed by atoms with van der Waals surface area (Å²) in [5.41, 5.74) is 6.03. The summed E-state index contributed by atoms with van der Waals surface area (Å²) in [7, 11) is 0. The van der Waals surface area contributed by atoms with E-state index < -0.39 is 0 Å². The van der Waals surface area contributed by atoms with Crippen molar-refractivity contribution in [3.8, 4) is 0 Å². The van der Waals surface area contributed by atoms with Crippen LogP contribution in [0, 0.1) is 5.92 Å². The van der Waals surface area contributed by atoms with Crippen molar-refractivity contribution in [3.05, 3.63) is 45.9 Å². The fraction of sp³-hybridized carbons (Fsp3) is 0.294. The largest absolute Gasteiger partial charge is 0.369 e. The molecule has 0 bridgehead atoms. The standard InChI is InChI=1S/C17H17ClN4O3S/c18-12-3-1-11(2-4-12)15(24)21-17-20-13(9-26-17)16(25)22-7-5-10(6-8-22)14(19)23/h1-4,9-10H,5-8H2,(H2,19,23)(H,20,21,24). The van der Waals surface area contributed by atoms with Crippen LogP contribution < -0.4 is 11.1 Å². The van der Waals surface area contributed by atoms with E-state index in [1.165, 1.54) is 11.3 Å². The van der Waals surface area contributed by atoms with Gasteiger partial charge in [-0.25, -0.2) is 4.98 Å². The Morgan fingerprint density at radius 2 is 1.85 bits per heavy atom. The van der Waals surface area contributed by atoms with E-state index in [9.17, 15) is 14.4 Å². The molecule has 0 spiro atoms. The van der Waals surface area contributed by atoms with Crippen LogP contribution in [-0.2, 0) is 4.79 Å². The molecule has 2 heterocycles. The molecule has 1 aromatic carbocycles. The van der Waals surface area contributed by atoms with Crippen molar-refractivity contribution in [3.63, 3.8) is 0 Å². The third kappa shape index (κ3) is 4.20. The van der Waals surface area contributed by atoms with Gasteiger partial charge in [0.25, 0.3) is 11.8 Å². The van der Waals surface area contributed by atoms with Gasteiger partial charge in [0, 0.05) is 35.0 Å². The highest BCUT2D eigenvalue weighted by Crippen LogP contribution is 2.22. The van der Waals surface area contributed by atoms with Crippen molar-refractivity contribution in [1.82, 2.24) is 9.88 Å². The number of aromatic nitrogens is 1. The Balaban J connectivity index is 1.60. The van der Waals surface area contributed by atoms with Gasteiger partial charge in [-0.1, -0.05) is 11.6 Å². The number of hydrogen-bond donors (Lipinski definition) is 2. The number of halogens is 1. The van der Waals surface area contributed by atoms with E-state index in [4.69, 9.17) is 17.3 Å². The molecule has 7 nitrogen and oxygen atoms in total. The van der Waals surface area contributed by atoms with Crippen LogP contribution in [0.3, 0.4) is 0 Å². The molecule has 1 fully saturated rings. The maximum atomic E-state index is 12.5. The second kappa shape index (κ2) is 7.84. The van der Waals surface area contributed by atoms with Crippen LogP contribution in [0.15, 0.2) is 29.6 Å². The van der Waals surface area contributed by atoms with Gasteiger partial charge in [-0.05, 0) is 37.1 Å². The topological polar surface area (TPSA) is 105 Å². The van der Waals surface area contributed by atoms with Crippen molar-refractivity contribution in [1.29, 1.82) is 0 Å². The first kappa shape index (κ1) is 18.3. The normalized spacial score (nSPS) is 14.9. The first-order valence-corrected chi connectivity index (χ1v) is 9.31. The van der Waals surface area contributed by atoms with E-state index in [0.29, 0.717) is 41.6 Å².